The summed E-state index contributed by atoms with van der Waals surface area (Å²) in [6.07, 6.45) is 5.35. The van der Waals surface area contributed by atoms with Gasteiger partial charge in [0.05, 0.1) is 12.0 Å². The summed E-state index contributed by atoms with van der Waals surface area (Å²) in [7, 11) is 0. The summed E-state index contributed by atoms with van der Waals surface area (Å²) in [5.41, 5.74) is 4.24. The molecule has 7 heteroatoms. The van der Waals surface area contributed by atoms with Crippen molar-refractivity contribution in [3.05, 3.63) is 96.0 Å². The molecule has 30 heavy (non-hydrogen) atoms. The van der Waals surface area contributed by atoms with Crippen LogP contribution in [-0.2, 0) is 6.54 Å². The summed E-state index contributed by atoms with van der Waals surface area (Å²) in [5, 5.41) is 6.24. The average molecular weight is 398 g/mol. The van der Waals surface area contributed by atoms with E-state index in [2.05, 4.69) is 25.6 Å². The van der Waals surface area contributed by atoms with Crippen LogP contribution in [0.3, 0.4) is 0 Å². The molecule has 0 saturated carbocycles. The summed E-state index contributed by atoms with van der Waals surface area (Å²) in [5.74, 6) is 1.25. The maximum atomic E-state index is 12.7. The highest BCUT2D eigenvalue weighted by molar-refractivity contribution is 5.95. The number of hydrogen-bond donors (Lipinski definition) is 2. The van der Waals surface area contributed by atoms with Crippen molar-refractivity contribution in [3.63, 3.8) is 0 Å². The molecule has 4 rings (SSSR count). The van der Waals surface area contributed by atoms with Gasteiger partial charge < -0.3 is 15.2 Å². The minimum Gasteiger partial charge on any atom is -0.348 e. The number of rotatable bonds is 6. The lowest BCUT2D eigenvalue weighted by molar-refractivity contribution is 0.0951. The number of carbonyl (C=O) groups is 1. The predicted octanol–water partition coefficient (Wildman–Crippen LogP) is 3.95. The third kappa shape index (κ3) is 4.52. The van der Waals surface area contributed by atoms with Crippen molar-refractivity contribution >= 4 is 17.4 Å². The molecular formula is C23H22N6O. The Morgan fingerprint density at radius 2 is 1.90 bits per heavy atom. The van der Waals surface area contributed by atoms with E-state index in [1.54, 1.807) is 18.6 Å². The molecule has 2 N–H and O–H groups in total. The van der Waals surface area contributed by atoms with Gasteiger partial charge in [-0.1, -0.05) is 24.3 Å². The molecule has 4 aromatic rings. The van der Waals surface area contributed by atoms with E-state index in [1.807, 2.05) is 73.1 Å². The number of benzene rings is 2. The fraction of sp³-hybridized carbons (Fsp3) is 0.130. The van der Waals surface area contributed by atoms with Crippen molar-refractivity contribution in [1.29, 1.82) is 0 Å². The second-order valence-electron chi connectivity index (χ2n) is 6.93. The van der Waals surface area contributed by atoms with Crippen LogP contribution in [0.2, 0.25) is 0 Å². The number of aromatic nitrogens is 4. The molecule has 2 aromatic heterocycles. The van der Waals surface area contributed by atoms with E-state index in [-0.39, 0.29) is 5.91 Å². The second kappa shape index (κ2) is 8.57. The molecule has 0 fully saturated rings. The SMILES string of the molecule is Cc1cc(Nc2cccc(C(=O)NCc3ccccc3-n3ccnc3)c2)nc(C)n1. The van der Waals surface area contributed by atoms with E-state index in [0.717, 1.165) is 22.6 Å². The highest BCUT2D eigenvalue weighted by atomic mass is 16.1. The van der Waals surface area contributed by atoms with Gasteiger partial charge in [0.25, 0.3) is 5.91 Å². The molecule has 2 heterocycles. The predicted molar refractivity (Wildman–Crippen MR) is 116 cm³/mol. The quantitative estimate of drug-likeness (QED) is 0.514. The van der Waals surface area contributed by atoms with E-state index in [4.69, 9.17) is 0 Å². The minimum atomic E-state index is -0.144. The molecule has 0 aliphatic heterocycles. The van der Waals surface area contributed by atoms with Crippen LogP contribution in [0.5, 0.6) is 0 Å². The van der Waals surface area contributed by atoms with Crippen molar-refractivity contribution in [3.8, 4) is 5.69 Å². The van der Waals surface area contributed by atoms with Crippen LogP contribution in [-0.4, -0.2) is 25.4 Å². The van der Waals surface area contributed by atoms with E-state index < -0.39 is 0 Å². The minimum absolute atomic E-state index is 0.144. The maximum absolute atomic E-state index is 12.7. The Labute approximate surface area is 174 Å². The third-order valence-corrected chi connectivity index (χ3v) is 4.58. The van der Waals surface area contributed by atoms with Crippen LogP contribution >= 0.6 is 0 Å². The summed E-state index contributed by atoms with van der Waals surface area (Å²) in [6, 6.07) is 17.1. The van der Waals surface area contributed by atoms with E-state index >= 15 is 0 Å². The highest BCUT2D eigenvalue weighted by Gasteiger charge is 2.09. The van der Waals surface area contributed by atoms with Crippen LogP contribution in [0.4, 0.5) is 11.5 Å². The highest BCUT2D eigenvalue weighted by Crippen LogP contribution is 2.18. The van der Waals surface area contributed by atoms with Gasteiger partial charge in [-0.2, -0.15) is 0 Å². The molecule has 0 saturated heterocycles. The fourth-order valence-electron chi connectivity index (χ4n) is 3.26. The Kier molecular flexibility index (Phi) is 5.52. The van der Waals surface area contributed by atoms with Crippen molar-refractivity contribution in [1.82, 2.24) is 24.8 Å². The van der Waals surface area contributed by atoms with Gasteiger partial charge >= 0.3 is 0 Å². The van der Waals surface area contributed by atoms with Crippen LogP contribution < -0.4 is 10.6 Å². The van der Waals surface area contributed by atoms with Gasteiger partial charge in [0.2, 0.25) is 0 Å². The summed E-state index contributed by atoms with van der Waals surface area (Å²) >= 11 is 0. The number of nitrogens with one attached hydrogen (secondary N) is 2. The first-order valence-corrected chi connectivity index (χ1v) is 9.62. The number of nitrogens with zero attached hydrogens (tertiary/aromatic N) is 4. The van der Waals surface area contributed by atoms with Gasteiger partial charge in [-0.3, -0.25) is 4.79 Å². The number of amides is 1. The van der Waals surface area contributed by atoms with Gasteiger partial charge in [0.15, 0.2) is 0 Å². The maximum Gasteiger partial charge on any atom is 0.251 e. The summed E-state index contributed by atoms with van der Waals surface area (Å²) in [6.45, 7) is 4.18. The lowest BCUT2D eigenvalue weighted by atomic mass is 10.1. The Bertz CT molecular complexity index is 1150. The molecule has 7 nitrogen and oxygen atoms in total. The summed E-state index contributed by atoms with van der Waals surface area (Å²) in [4.78, 5) is 25.5. The van der Waals surface area contributed by atoms with Gasteiger partial charge in [0.1, 0.15) is 11.6 Å². The molecule has 0 aliphatic carbocycles. The largest absolute Gasteiger partial charge is 0.348 e. The molecule has 0 radical (unpaired) electrons. The number of para-hydroxylation sites is 1. The fourth-order valence-corrected chi connectivity index (χ4v) is 3.26. The molecule has 2 aromatic carbocycles. The van der Waals surface area contributed by atoms with Crippen molar-refractivity contribution in [2.24, 2.45) is 0 Å². The number of imidazole rings is 1. The van der Waals surface area contributed by atoms with Gasteiger partial charge in [0, 0.05) is 41.9 Å². The zero-order valence-electron chi connectivity index (χ0n) is 16.8. The van der Waals surface area contributed by atoms with Gasteiger partial charge in [-0.05, 0) is 43.7 Å². The molecule has 0 bridgehead atoms. The Morgan fingerprint density at radius 1 is 1.03 bits per heavy atom. The molecule has 0 atom stereocenters. The number of carbonyl (C=O) groups excluding carboxylic acids is 1. The van der Waals surface area contributed by atoms with Crippen LogP contribution in [0.15, 0.2) is 73.3 Å². The first kappa shape index (κ1) is 19.3. The Morgan fingerprint density at radius 3 is 2.70 bits per heavy atom. The van der Waals surface area contributed by atoms with Crippen LogP contribution in [0.25, 0.3) is 5.69 Å². The molecule has 0 unspecified atom stereocenters. The molecule has 1 amide bonds. The zero-order chi connectivity index (χ0) is 20.9. The third-order valence-electron chi connectivity index (χ3n) is 4.58. The number of aryl methyl sites for hydroxylation is 2. The van der Waals surface area contributed by atoms with Crippen LogP contribution in [0, 0.1) is 13.8 Å². The zero-order valence-corrected chi connectivity index (χ0v) is 16.8. The molecule has 0 spiro atoms. The first-order chi connectivity index (χ1) is 14.6. The molecule has 150 valence electrons. The lowest BCUT2D eigenvalue weighted by Crippen LogP contribution is -2.23. The van der Waals surface area contributed by atoms with Gasteiger partial charge in [-0.15, -0.1) is 0 Å². The number of anilines is 2. The van der Waals surface area contributed by atoms with E-state index in [9.17, 15) is 4.79 Å². The summed E-state index contributed by atoms with van der Waals surface area (Å²) < 4.78 is 1.93. The molecule has 0 aliphatic rings. The normalized spacial score (nSPS) is 10.6. The molecular weight excluding hydrogens is 376 g/mol. The number of hydrogen-bond acceptors (Lipinski definition) is 5. The Balaban J connectivity index is 1.47. The Hall–Kier alpha value is -4.00. The smallest absolute Gasteiger partial charge is 0.251 e. The van der Waals surface area contributed by atoms with Crippen molar-refractivity contribution in [2.75, 3.05) is 5.32 Å². The monoisotopic (exact) mass is 398 g/mol. The van der Waals surface area contributed by atoms with Crippen molar-refractivity contribution < 1.29 is 4.79 Å². The van der Waals surface area contributed by atoms with E-state index in [0.29, 0.717) is 23.8 Å². The average Bonchev–Trinajstić information content (AvgIpc) is 3.26. The van der Waals surface area contributed by atoms with Crippen molar-refractivity contribution in [2.45, 2.75) is 20.4 Å². The van der Waals surface area contributed by atoms with E-state index in [1.165, 1.54) is 0 Å². The topological polar surface area (TPSA) is 84.7 Å². The first-order valence-electron chi connectivity index (χ1n) is 9.62. The standard InChI is InChI=1S/C23H22N6O/c1-16-12-22(27-17(2)26-16)28-20-8-5-7-18(13-20)23(30)25-14-19-6-3-4-9-21(19)29-11-10-24-15-29/h3-13,15H,14H2,1-2H3,(H,25,30)(H,26,27,28). The van der Waals surface area contributed by atoms with Gasteiger partial charge in [-0.25, -0.2) is 15.0 Å². The van der Waals surface area contributed by atoms with Crippen LogP contribution in [0.1, 0.15) is 27.4 Å². The second-order valence-corrected chi connectivity index (χ2v) is 6.93. The lowest BCUT2D eigenvalue weighted by Gasteiger charge is -2.12.